The highest BCUT2D eigenvalue weighted by Gasteiger charge is 2.41. The number of benzene rings is 2. The topological polar surface area (TPSA) is 162 Å². The summed E-state index contributed by atoms with van der Waals surface area (Å²) in [6, 6.07) is 17.5. The third-order valence-corrected chi connectivity index (χ3v) is 12.5. The van der Waals surface area contributed by atoms with E-state index in [1.807, 2.05) is 37.5 Å². The van der Waals surface area contributed by atoms with Gasteiger partial charge in [-0.15, -0.1) is 11.3 Å². The predicted molar refractivity (Wildman–Crippen MR) is 222 cm³/mol. The van der Waals surface area contributed by atoms with Gasteiger partial charge in [0.15, 0.2) is 0 Å². The molecule has 0 unspecified atom stereocenters. The van der Waals surface area contributed by atoms with Crippen molar-refractivity contribution in [3.8, 4) is 21.6 Å². The number of carbonyl (C=O) groups excluding carboxylic acids is 4. The summed E-state index contributed by atoms with van der Waals surface area (Å²) in [6.07, 6.45) is 0.386. The highest BCUT2D eigenvalue weighted by atomic mass is 32.1. The van der Waals surface area contributed by atoms with E-state index in [0.29, 0.717) is 24.9 Å². The molecule has 57 heavy (non-hydrogen) atoms. The van der Waals surface area contributed by atoms with Gasteiger partial charge in [0.2, 0.25) is 11.8 Å². The molecule has 0 spiro atoms. The molecule has 13 nitrogen and oxygen atoms in total. The fourth-order valence-corrected chi connectivity index (χ4v) is 9.36. The number of hydrogen-bond acceptors (Lipinski definition) is 8. The molecule has 2 aromatic carbocycles. The van der Waals surface area contributed by atoms with E-state index in [-0.39, 0.29) is 35.7 Å². The Kier molecular flexibility index (Phi) is 11.4. The van der Waals surface area contributed by atoms with Gasteiger partial charge >= 0.3 is 12.2 Å². The summed E-state index contributed by atoms with van der Waals surface area (Å²) in [6.45, 7) is 13.2. The summed E-state index contributed by atoms with van der Waals surface area (Å²) in [5.41, 5.74) is 6.18. The second-order valence-electron chi connectivity index (χ2n) is 16.5. The molecule has 302 valence electrons. The molecule has 4 N–H and O–H groups in total. The fraction of sp³-hybridized carbons (Fsp3) is 0.465. The van der Waals surface area contributed by atoms with E-state index in [0.717, 1.165) is 67.2 Å². The van der Waals surface area contributed by atoms with E-state index < -0.39 is 24.3 Å². The molecule has 3 aromatic heterocycles. The van der Waals surface area contributed by atoms with E-state index in [9.17, 15) is 19.2 Å². The highest BCUT2D eigenvalue weighted by Crippen LogP contribution is 2.40. The summed E-state index contributed by atoms with van der Waals surface area (Å²) >= 11 is 1.61. The molecular formula is C43H53N7O6S. The number of aromatic amines is 2. The molecule has 2 aliphatic rings. The maximum atomic E-state index is 13.8. The van der Waals surface area contributed by atoms with Crippen LogP contribution in [0.15, 0.2) is 54.6 Å². The smallest absolute Gasteiger partial charge is 0.407 e. The summed E-state index contributed by atoms with van der Waals surface area (Å²) in [5.74, 6) is 0.938. The molecule has 14 heteroatoms. The van der Waals surface area contributed by atoms with Crippen LogP contribution in [0.3, 0.4) is 0 Å². The van der Waals surface area contributed by atoms with E-state index in [2.05, 4.69) is 89.0 Å². The van der Waals surface area contributed by atoms with Crippen LogP contribution in [0, 0.1) is 23.7 Å². The number of alkyl carbamates (subject to hydrolysis) is 2. The molecule has 6 atom stereocenters. The van der Waals surface area contributed by atoms with Gasteiger partial charge in [0.25, 0.3) is 0 Å². The van der Waals surface area contributed by atoms with Crippen LogP contribution < -0.4 is 10.6 Å². The van der Waals surface area contributed by atoms with E-state index in [1.54, 1.807) is 11.3 Å². The van der Waals surface area contributed by atoms with Gasteiger partial charge < -0.3 is 39.9 Å². The third kappa shape index (κ3) is 8.09. The molecule has 4 amide bonds. The second kappa shape index (κ2) is 16.2. The zero-order valence-corrected chi connectivity index (χ0v) is 34.7. The first-order chi connectivity index (χ1) is 27.2. The van der Waals surface area contributed by atoms with Gasteiger partial charge in [-0.25, -0.2) is 14.6 Å². The lowest BCUT2D eigenvalue weighted by Gasteiger charge is -2.30. The molecule has 2 fully saturated rings. The molecule has 0 saturated carbocycles. The minimum atomic E-state index is -0.691. The Labute approximate surface area is 336 Å². The van der Waals surface area contributed by atoms with Crippen molar-refractivity contribution >= 4 is 56.6 Å². The number of amides is 4. The van der Waals surface area contributed by atoms with Crippen LogP contribution in [0.25, 0.3) is 42.8 Å². The van der Waals surface area contributed by atoms with Crippen molar-refractivity contribution < 1.29 is 28.7 Å². The van der Waals surface area contributed by atoms with Crippen LogP contribution in [0.5, 0.6) is 0 Å². The van der Waals surface area contributed by atoms with E-state index >= 15 is 0 Å². The number of hydrogen-bond donors (Lipinski definition) is 4. The summed E-state index contributed by atoms with van der Waals surface area (Å²) < 4.78 is 9.59. The zero-order chi connectivity index (χ0) is 40.7. The Morgan fingerprint density at radius 2 is 1.26 bits per heavy atom. The monoisotopic (exact) mass is 795 g/mol. The molecule has 0 radical (unpaired) electrons. The molecule has 2 aliphatic heterocycles. The number of fused-ring (bicyclic) bond motifs is 2. The number of rotatable bonds is 10. The number of nitrogens with zero attached hydrogens (tertiary/aromatic N) is 3. The van der Waals surface area contributed by atoms with Crippen LogP contribution in [0.4, 0.5) is 9.59 Å². The first-order valence-corrected chi connectivity index (χ1v) is 20.6. The quantitative estimate of drug-likeness (QED) is 0.111. The van der Waals surface area contributed by atoms with Crippen molar-refractivity contribution in [1.82, 2.24) is 35.4 Å². The van der Waals surface area contributed by atoms with Crippen molar-refractivity contribution in [3.63, 3.8) is 0 Å². The number of nitrogens with one attached hydrogen (secondary N) is 4. The molecule has 0 aliphatic carbocycles. The number of imidazole rings is 1. The first-order valence-electron chi connectivity index (χ1n) is 19.8. The third-order valence-electron chi connectivity index (χ3n) is 11.4. The molecular weight excluding hydrogens is 743 g/mol. The van der Waals surface area contributed by atoms with Crippen molar-refractivity contribution in [3.05, 3.63) is 66.1 Å². The largest absolute Gasteiger partial charge is 0.453 e. The molecule has 5 aromatic rings. The molecule has 5 heterocycles. The standard InChI is InChI=1S/C43H53N7O6S/c1-22(2)36(46-42(53)55-7)40(51)49-20-24(5)15-33(49)31-18-29-17-28(13-14-30(29)44-31)26-9-11-27(12-10-26)35-19-32-39(57-35)48-38(45-32)34-16-25(6)21-50(34)41(52)37(23(3)4)47-43(54)56-8/h9-14,17-19,22-25,33-34,36-37,44H,15-16,20-21H2,1-8H3,(H,45,48)(H,46,53)(H,47,54)/t24-,25-,33-,34-,36-,37-/m0/s1. The number of carbonyl (C=O) groups is 4. The highest BCUT2D eigenvalue weighted by molar-refractivity contribution is 7.21. The van der Waals surface area contributed by atoms with Crippen LogP contribution >= 0.6 is 11.3 Å². The van der Waals surface area contributed by atoms with Crippen molar-refractivity contribution in [2.24, 2.45) is 23.7 Å². The van der Waals surface area contributed by atoms with Gasteiger partial charge in [-0.1, -0.05) is 71.9 Å². The summed E-state index contributed by atoms with van der Waals surface area (Å²) in [5, 5.41) is 6.53. The predicted octanol–water partition coefficient (Wildman–Crippen LogP) is 8.02. The van der Waals surface area contributed by atoms with Gasteiger partial charge in [0.05, 0.1) is 31.8 Å². The van der Waals surface area contributed by atoms with Gasteiger partial charge in [-0.05, 0) is 77.5 Å². The van der Waals surface area contributed by atoms with E-state index in [1.165, 1.54) is 14.2 Å². The van der Waals surface area contributed by atoms with Gasteiger partial charge in [0.1, 0.15) is 22.7 Å². The molecule has 2 saturated heterocycles. The van der Waals surface area contributed by atoms with Crippen LogP contribution in [0.1, 0.15) is 78.0 Å². The SMILES string of the molecule is COC(=O)N[C@H](C(=O)N1C[C@@H](C)C[C@H]1c1cc2cc(-c3ccc(-c4cc5[nH]c([C@@H]6C[C@H](C)CN6C(=O)[C@@H](NC(=O)OC)C(C)C)nc5s4)cc3)ccc2[nH]1)C(C)C. The minimum absolute atomic E-state index is 0.0953. The number of thiophene rings is 1. The number of H-pyrrole nitrogens is 2. The number of aromatic nitrogens is 3. The Morgan fingerprint density at radius 1 is 0.719 bits per heavy atom. The molecule has 7 rings (SSSR count). The van der Waals surface area contributed by atoms with Crippen molar-refractivity contribution in [1.29, 1.82) is 0 Å². The van der Waals surface area contributed by atoms with E-state index in [4.69, 9.17) is 14.5 Å². The second-order valence-corrected chi connectivity index (χ2v) is 17.5. The maximum absolute atomic E-state index is 13.8. The van der Waals surface area contributed by atoms with Crippen molar-refractivity contribution in [2.75, 3.05) is 27.3 Å². The Hall–Kier alpha value is -5.37. The lowest BCUT2D eigenvalue weighted by Crippen LogP contribution is -2.51. The minimum Gasteiger partial charge on any atom is -0.453 e. The van der Waals surface area contributed by atoms with Gasteiger partial charge in [0, 0.05) is 34.6 Å². The Bertz CT molecular complexity index is 2240. The van der Waals surface area contributed by atoms with Gasteiger partial charge in [-0.3, -0.25) is 9.59 Å². The Balaban J connectivity index is 1.06. The van der Waals surface area contributed by atoms with Gasteiger partial charge in [-0.2, -0.15) is 0 Å². The molecule has 0 bridgehead atoms. The lowest BCUT2D eigenvalue weighted by molar-refractivity contribution is -0.136. The average Bonchev–Trinajstić information content (AvgIpc) is 4.02. The first kappa shape index (κ1) is 39.8. The lowest BCUT2D eigenvalue weighted by atomic mass is 10.0. The number of ether oxygens (including phenoxy) is 2. The number of methoxy groups -OCH3 is 2. The zero-order valence-electron chi connectivity index (χ0n) is 33.8. The van der Waals surface area contributed by atoms with Crippen molar-refractivity contribution in [2.45, 2.75) is 78.6 Å². The summed E-state index contributed by atoms with van der Waals surface area (Å²) in [4.78, 5) is 69.4. The fourth-order valence-electron chi connectivity index (χ4n) is 8.36. The van der Waals surface area contributed by atoms with Crippen LogP contribution in [-0.2, 0) is 19.1 Å². The Morgan fingerprint density at radius 3 is 1.82 bits per heavy atom. The summed E-state index contributed by atoms with van der Waals surface area (Å²) in [7, 11) is 2.60. The maximum Gasteiger partial charge on any atom is 0.407 e. The number of likely N-dealkylation sites (tertiary alicyclic amines) is 2. The normalized spacial score (nSPS) is 20.7. The van der Waals surface area contributed by atoms with Crippen LogP contribution in [0.2, 0.25) is 0 Å². The van der Waals surface area contributed by atoms with Crippen LogP contribution in [-0.4, -0.2) is 88.1 Å². The average molecular weight is 796 g/mol.